The van der Waals surface area contributed by atoms with Gasteiger partial charge in [0.15, 0.2) is 0 Å². The van der Waals surface area contributed by atoms with Gasteiger partial charge in [0.05, 0.1) is 4.92 Å². The molecule has 1 unspecified atom stereocenters. The first-order valence-electron chi connectivity index (χ1n) is 6.31. The molecule has 4 nitrogen and oxygen atoms in total. The monoisotopic (exact) mass is 290 g/mol. The van der Waals surface area contributed by atoms with Crippen molar-refractivity contribution in [2.75, 3.05) is 0 Å². The first kappa shape index (κ1) is 16.4. The number of nitrogens with one attached hydrogen (secondary N) is 1. The molecule has 1 N–H and O–H groups in total. The minimum atomic E-state index is -4.10. The zero-order chi connectivity index (χ0) is 15.2. The summed E-state index contributed by atoms with van der Waals surface area (Å²) in [6.07, 6.45) is -4.33. The van der Waals surface area contributed by atoms with Crippen molar-refractivity contribution in [2.45, 2.75) is 44.9 Å². The van der Waals surface area contributed by atoms with Gasteiger partial charge in [0.25, 0.3) is 5.69 Å². The number of benzene rings is 1. The van der Waals surface area contributed by atoms with E-state index in [1.165, 1.54) is 12.1 Å². The Morgan fingerprint density at radius 3 is 2.40 bits per heavy atom. The van der Waals surface area contributed by atoms with Crippen molar-refractivity contribution in [3.8, 4) is 0 Å². The van der Waals surface area contributed by atoms with Crippen LogP contribution in [0.2, 0.25) is 0 Å². The molecule has 1 atom stereocenters. The van der Waals surface area contributed by atoms with Gasteiger partial charge >= 0.3 is 6.18 Å². The maximum Gasteiger partial charge on any atom is 0.389 e. The SMILES string of the molecule is CC(CCCC(F)(F)F)NCc1ccc([N+](=O)[O-])cc1. The highest BCUT2D eigenvalue weighted by atomic mass is 19.4. The van der Waals surface area contributed by atoms with Crippen molar-refractivity contribution in [1.82, 2.24) is 5.32 Å². The maximum atomic E-state index is 12.0. The lowest BCUT2D eigenvalue weighted by molar-refractivity contribution is -0.384. The molecule has 0 bridgehead atoms. The summed E-state index contributed by atoms with van der Waals surface area (Å²) in [4.78, 5) is 10.0. The van der Waals surface area contributed by atoms with Crippen LogP contribution in [0.1, 0.15) is 31.7 Å². The van der Waals surface area contributed by atoms with Crippen LogP contribution in [-0.2, 0) is 6.54 Å². The molecule has 1 rings (SSSR count). The Morgan fingerprint density at radius 2 is 1.90 bits per heavy atom. The zero-order valence-corrected chi connectivity index (χ0v) is 11.1. The van der Waals surface area contributed by atoms with E-state index >= 15 is 0 Å². The maximum absolute atomic E-state index is 12.0. The topological polar surface area (TPSA) is 55.2 Å². The van der Waals surface area contributed by atoms with Crippen LogP contribution in [0.3, 0.4) is 0 Å². The molecule has 0 heterocycles. The quantitative estimate of drug-likeness (QED) is 0.613. The van der Waals surface area contributed by atoms with Crippen molar-refractivity contribution >= 4 is 5.69 Å². The van der Waals surface area contributed by atoms with Crippen LogP contribution in [0.4, 0.5) is 18.9 Å². The molecule has 0 fully saturated rings. The Labute approximate surface area is 115 Å². The predicted octanol–water partition coefficient (Wildman–Crippen LogP) is 3.81. The number of alkyl halides is 3. The van der Waals surface area contributed by atoms with Crippen LogP contribution >= 0.6 is 0 Å². The smallest absolute Gasteiger partial charge is 0.310 e. The molecule has 1 aromatic rings. The van der Waals surface area contributed by atoms with Crippen LogP contribution < -0.4 is 5.32 Å². The number of nitro benzene ring substituents is 1. The van der Waals surface area contributed by atoms with Gasteiger partial charge < -0.3 is 5.32 Å². The molecule has 7 heteroatoms. The third-order valence-corrected chi connectivity index (χ3v) is 2.90. The fourth-order valence-electron chi connectivity index (χ4n) is 1.74. The molecule has 20 heavy (non-hydrogen) atoms. The Hall–Kier alpha value is -1.63. The van der Waals surface area contributed by atoms with Crippen LogP contribution in [0.5, 0.6) is 0 Å². The van der Waals surface area contributed by atoms with Crippen LogP contribution in [0.15, 0.2) is 24.3 Å². The van der Waals surface area contributed by atoms with Crippen LogP contribution in [0.25, 0.3) is 0 Å². The number of nitro groups is 1. The molecule has 0 aliphatic heterocycles. The van der Waals surface area contributed by atoms with E-state index in [2.05, 4.69) is 5.32 Å². The van der Waals surface area contributed by atoms with Crippen molar-refractivity contribution in [3.05, 3.63) is 39.9 Å². The average molecular weight is 290 g/mol. The summed E-state index contributed by atoms with van der Waals surface area (Å²) in [6, 6.07) is 6.05. The number of hydrogen-bond donors (Lipinski definition) is 1. The molecule has 112 valence electrons. The molecule has 0 aromatic heterocycles. The third kappa shape index (κ3) is 6.51. The van der Waals surface area contributed by atoms with Gasteiger partial charge in [-0.3, -0.25) is 10.1 Å². The van der Waals surface area contributed by atoms with Crippen molar-refractivity contribution in [2.24, 2.45) is 0 Å². The summed E-state index contributed by atoms with van der Waals surface area (Å²) in [5, 5.41) is 13.6. The molecule has 1 aromatic carbocycles. The largest absolute Gasteiger partial charge is 0.389 e. The summed E-state index contributed by atoms with van der Waals surface area (Å²) in [7, 11) is 0. The number of halogens is 3. The fraction of sp³-hybridized carbons (Fsp3) is 0.538. The van der Waals surface area contributed by atoms with E-state index in [1.54, 1.807) is 12.1 Å². The van der Waals surface area contributed by atoms with E-state index in [4.69, 9.17) is 0 Å². The van der Waals surface area contributed by atoms with Gasteiger partial charge in [-0.05, 0) is 25.3 Å². The van der Waals surface area contributed by atoms with Gasteiger partial charge in [-0.1, -0.05) is 12.1 Å². The van der Waals surface area contributed by atoms with Crippen molar-refractivity contribution < 1.29 is 18.1 Å². The Bertz CT molecular complexity index is 432. The Balaban J connectivity index is 2.30. The second-order valence-electron chi connectivity index (χ2n) is 4.71. The summed E-state index contributed by atoms with van der Waals surface area (Å²) >= 11 is 0. The molecule has 0 saturated heterocycles. The molecule has 0 aliphatic rings. The van der Waals surface area contributed by atoms with Crippen molar-refractivity contribution in [1.29, 1.82) is 0 Å². The zero-order valence-electron chi connectivity index (χ0n) is 11.1. The van der Waals surface area contributed by atoms with E-state index in [1.807, 2.05) is 6.92 Å². The van der Waals surface area contributed by atoms with Gasteiger partial charge in [-0.2, -0.15) is 13.2 Å². The molecule has 0 saturated carbocycles. The number of rotatable bonds is 7. The highest BCUT2D eigenvalue weighted by molar-refractivity contribution is 5.32. The summed E-state index contributed by atoms with van der Waals surface area (Å²) in [5.41, 5.74) is 0.880. The van der Waals surface area contributed by atoms with Gasteiger partial charge in [0.2, 0.25) is 0 Å². The normalized spacial score (nSPS) is 13.2. The molecule has 0 spiro atoms. The molecular weight excluding hydrogens is 273 g/mol. The van der Waals surface area contributed by atoms with Crippen LogP contribution in [0, 0.1) is 10.1 Å². The van der Waals surface area contributed by atoms with Crippen LogP contribution in [-0.4, -0.2) is 17.1 Å². The van der Waals surface area contributed by atoms with E-state index in [0.29, 0.717) is 13.0 Å². The Kier molecular flexibility index (Phi) is 5.94. The van der Waals surface area contributed by atoms with E-state index in [0.717, 1.165) is 5.56 Å². The average Bonchev–Trinajstić information content (AvgIpc) is 2.35. The standard InChI is InChI=1S/C13H17F3N2O2/c1-10(3-2-8-13(14,15)16)17-9-11-4-6-12(7-5-11)18(19)20/h4-7,10,17H,2-3,8-9H2,1H3. The lowest BCUT2D eigenvalue weighted by atomic mass is 10.1. The van der Waals surface area contributed by atoms with Gasteiger partial charge in [0.1, 0.15) is 0 Å². The first-order valence-corrected chi connectivity index (χ1v) is 6.31. The van der Waals surface area contributed by atoms with Crippen molar-refractivity contribution in [3.63, 3.8) is 0 Å². The van der Waals surface area contributed by atoms with E-state index in [-0.39, 0.29) is 18.2 Å². The highest BCUT2D eigenvalue weighted by Crippen LogP contribution is 2.22. The second-order valence-corrected chi connectivity index (χ2v) is 4.71. The number of hydrogen-bond acceptors (Lipinski definition) is 3. The molecule has 0 aliphatic carbocycles. The molecular formula is C13H17F3N2O2. The van der Waals surface area contributed by atoms with Gasteiger partial charge in [-0.15, -0.1) is 0 Å². The number of nitrogens with zero attached hydrogens (tertiary/aromatic N) is 1. The first-order chi connectivity index (χ1) is 9.28. The Morgan fingerprint density at radius 1 is 1.30 bits per heavy atom. The van der Waals surface area contributed by atoms with Gasteiger partial charge in [-0.25, -0.2) is 0 Å². The predicted molar refractivity (Wildman–Crippen MR) is 69.3 cm³/mol. The summed E-state index contributed by atoms with van der Waals surface area (Å²) in [5.74, 6) is 0. The van der Waals surface area contributed by atoms with E-state index < -0.39 is 17.5 Å². The minimum Gasteiger partial charge on any atom is -0.310 e. The third-order valence-electron chi connectivity index (χ3n) is 2.90. The lowest BCUT2D eigenvalue weighted by Gasteiger charge is -2.14. The fourth-order valence-corrected chi connectivity index (χ4v) is 1.74. The minimum absolute atomic E-state index is 0.0203. The molecule has 0 radical (unpaired) electrons. The summed E-state index contributed by atoms with van der Waals surface area (Å²) in [6.45, 7) is 2.30. The lowest BCUT2D eigenvalue weighted by Crippen LogP contribution is -2.25. The summed E-state index contributed by atoms with van der Waals surface area (Å²) < 4.78 is 36.0. The van der Waals surface area contributed by atoms with E-state index in [9.17, 15) is 23.3 Å². The van der Waals surface area contributed by atoms with Gasteiger partial charge in [0, 0.05) is 31.1 Å². The highest BCUT2D eigenvalue weighted by Gasteiger charge is 2.26. The molecule has 0 amide bonds. The number of non-ortho nitro benzene ring substituents is 1. The second kappa shape index (κ2) is 7.23.